The lowest BCUT2D eigenvalue weighted by atomic mass is 10.0. The van der Waals surface area contributed by atoms with Crippen LogP contribution in [0.4, 0.5) is 0 Å². The van der Waals surface area contributed by atoms with Gasteiger partial charge >= 0.3 is 5.97 Å². The van der Waals surface area contributed by atoms with Crippen molar-refractivity contribution in [2.45, 2.75) is 25.4 Å². The monoisotopic (exact) mass is 314 g/mol. The lowest BCUT2D eigenvalue weighted by molar-refractivity contribution is -0.137. The van der Waals surface area contributed by atoms with Gasteiger partial charge in [-0.3, -0.25) is 19.7 Å². The summed E-state index contributed by atoms with van der Waals surface area (Å²) in [6, 6.07) is 4.02. The third-order valence-electron chi connectivity index (χ3n) is 3.88. The highest BCUT2D eigenvalue weighted by Crippen LogP contribution is 2.30. The van der Waals surface area contributed by atoms with Crippen LogP contribution in [-0.4, -0.2) is 34.6 Å². The molecule has 1 N–H and O–H groups in total. The van der Waals surface area contributed by atoms with Crippen LogP contribution in [0.5, 0.6) is 5.75 Å². The summed E-state index contributed by atoms with van der Waals surface area (Å²) in [5.41, 5.74) is 1.14. The Morgan fingerprint density at radius 3 is 2.83 bits per heavy atom. The molecule has 7 nitrogen and oxygen atoms in total. The normalized spacial score (nSPS) is 20.1. The molecule has 2 aliphatic rings. The number of benzene rings is 1. The average Bonchev–Trinajstić information content (AvgIpc) is 2.83. The molecule has 23 heavy (non-hydrogen) atoms. The number of amides is 3. The number of rotatable bonds is 3. The van der Waals surface area contributed by atoms with Gasteiger partial charge < -0.3 is 9.64 Å². The Morgan fingerprint density at radius 1 is 1.35 bits per heavy atom. The van der Waals surface area contributed by atoms with Gasteiger partial charge in [0.05, 0.1) is 0 Å². The minimum Gasteiger partial charge on any atom is -0.423 e. The summed E-state index contributed by atoms with van der Waals surface area (Å²) < 4.78 is 5.03. The summed E-state index contributed by atoms with van der Waals surface area (Å²) in [7, 11) is 0. The van der Waals surface area contributed by atoms with Crippen molar-refractivity contribution in [2.24, 2.45) is 0 Å². The van der Waals surface area contributed by atoms with Crippen molar-refractivity contribution in [3.8, 4) is 5.75 Å². The molecule has 1 unspecified atom stereocenters. The highest BCUT2D eigenvalue weighted by Gasteiger charge is 2.39. The first-order valence-electron chi connectivity index (χ1n) is 7.11. The van der Waals surface area contributed by atoms with Crippen LogP contribution < -0.4 is 10.1 Å². The first-order chi connectivity index (χ1) is 11.0. The highest BCUT2D eigenvalue weighted by molar-refractivity contribution is 6.05. The molecule has 3 rings (SSSR count). The molecule has 1 atom stereocenters. The van der Waals surface area contributed by atoms with Gasteiger partial charge in [-0.05, 0) is 30.2 Å². The quantitative estimate of drug-likeness (QED) is 0.380. The van der Waals surface area contributed by atoms with E-state index in [2.05, 4.69) is 11.9 Å². The van der Waals surface area contributed by atoms with E-state index in [4.69, 9.17) is 4.74 Å². The number of ether oxygens (including phenoxy) is 1. The number of carbonyl (C=O) groups excluding carboxylic acids is 4. The van der Waals surface area contributed by atoms with Gasteiger partial charge in [-0.1, -0.05) is 6.58 Å². The molecule has 1 fully saturated rings. The lowest BCUT2D eigenvalue weighted by Crippen LogP contribution is -2.52. The molecule has 0 spiro atoms. The molecule has 2 heterocycles. The second-order valence-corrected chi connectivity index (χ2v) is 5.34. The fraction of sp³-hybridized carbons (Fsp3) is 0.250. The molecule has 3 amide bonds. The number of piperidine rings is 1. The first-order valence-corrected chi connectivity index (χ1v) is 7.11. The maximum atomic E-state index is 12.4. The van der Waals surface area contributed by atoms with E-state index < -0.39 is 17.9 Å². The van der Waals surface area contributed by atoms with Gasteiger partial charge in [-0.25, -0.2) is 4.79 Å². The summed E-state index contributed by atoms with van der Waals surface area (Å²) in [5, 5.41) is 2.25. The number of esters is 1. The minimum absolute atomic E-state index is 0.207. The number of hydrogen-bond acceptors (Lipinski definition) is 5. The molecule has 118 valence electrons. The van der Waals surface area contributed by atoms with Crippen molar-refractivity contribution in [1.29, 1.82) is 0 Å². The zero-order chi connectivity index (χ0) is 16.6. The maximum absolute atomic E-state index is 12.4. The Bertz CT molecular complexity index is 740. The Morgan fingerprint density at radius 2 is 2.13 bits per heavy atom. The van der Waals surface area contributed by atoms with Crippen LogP contribution in [-0.2, 0) is 20.9 Å². The molecule has 0 radical (unpaired) electrons. The third kappa shape index (κ3) is 2.73. The predicted octanol–water partition coefficient (Wildman–Crippen LogP) is 0.539. The van der Waals surface area contributed by atoms with Crippen LogP contribution in [0.1, 0.15) is 28.8 Å². The number of fused-ring (bicyclic) bond motifs is 1. The second-order valence-electron chi connectivity index (χ2n) is 5.34. The molecule has 1 aromatic rings. The van der Waals surface area contributed by atoms with Gasteiger partial charge in [0.1, 0.15) is 11.8 Å². The smallest absolute Gasteiger partial charge is 0.335 e. The van der Waals surface area contributed by atoms with Crippen molar-refractivity contribution in [3.05, 3.63) is 42.0 Å². The number of nitrogens with zero attached hydrogens (tertiary/aromatic N) is 1. The van der Waals surface area contributed by atoms with E-state index in [1.807, 2.05) is 0 Å². The lowest BCUT2D eigenvalue weighted by Gasteiger charge is -2.29. The summed E-state index contributed by atoms with van der Waals surface area (Å²) in [6.45, 7) is 3.56. The van der Waals surface area contributed by atoms with Crippen molar-refractivity contribution in [2.75, 3.05) is 0 Å². The Balaban J connectivity index is 1.81. The molecule has 1 aromatic carbocycles. The zero-order valence-corrected chi connectivity index (χ0v) is 12.2. The van der Waals surface area contributed by atoms with Gasteiger partial charge in [0, 0.05) is 24.6 Å². The summed E-state index contributed by atoms with van der Waals surface area (Å²) in [4.78, 5) is 48.3. The van der Waals surface area contributed by atoms with E-state index in [0.717, 1.165) is 6.08 Å². The Hall–Kier alpha value is -2.96. The van der Waals surface area contributed by atoms with Gasteiger partial charge in [-0.2, -0.15) is 0 Å². The second kappa shape index (κ2) is 5.68. The predicted molar refractivity (Wildman–Crippen MR) is 78.3 cm³/mol. The number of carbonyl (C=O) groups is 4. The fourth-order valence-corrected chi connectivity index (χ4v) is 2.77. The maximum Gasteiger partial charge on any atom is 0.335 e. The minimum atomic E-state index is -0.660. The fourth-order valence-electron chi connectivity index (χ4n) is 2.77. The van der Waals surface area contributed by atoms with Crippen LogP contribution in [0, 0.1) is 0 Å². The molecule has 0 aromatic heterocycles. The van der Waals surface area contributed by atoms with Gasteiger partial charge in [0.15, 0.2) is 0 Å². The average molecular weight is 314 g/mol. The first kappa shape index (κ1) is 15.0. The van der Waals surface area contributed by atoms with Crippen molar-refractivity contribution in [1.82, 2.24) is 10.2 Å². The van der Waals surface area contributed by atoms with E-state index in [9.17, 15) is 19.2 Å². The molecule has 0 aliphatic carbocycles. The van der Waals surface area contributed by atoms with Crippen LogP contribution in [0.15, 0.2) is 30.9 Å². The summed E-state index contributed by atoms with van der Waals surface area (Å²) >= 11 is 0. The van der Waals surface area contributed by atoms with E-state index in [-0.39, 0.29) is 24.8 Å². The Labute approximate surface area is 131 Å². The van der Waals surface area contributed by atoms with Crippen LogP contribution >= 0.6 is 0 Å². The van der Waals surface area contributed by atoms with Gasteiger partial charge in [0.2, 0.25) is 11.8 Å². The summed E-state index contributed by atoms with van der Waals surface area (Å²) in [5.74, 6) is -1.33. The van der Waals surface area contributed by atoms with Crippen LogP contribution in [0.25, 0.3) is 0 Å². The van der Waals surface area contributed by atoms with Crippen LogP contribution in [0.3, 0.4) is 0 Å². The topological polar surface area (TPSA) is 92.8 Å². The molecule has 1 saturated heterocycles. The van der Waals surface area contributed by atoms with Gasteiger partial charge in [-0.15, -0.1) is 0 Å². The molecular weight excluding hydrogens is 300 g/mol. The zero-order valence-electron chi connectivity index (χ0n) is 12.2. The third-order valence-corrected chi connectivity index (χ3v) is 3.88. The SMILES string of the molecule is C=CC(=O)Oc1ccc2c(c1)CN(C1CCC(=O)NC1=O)C2=O. The van der Waals surface area contributed by atoms with Crippen LogP contribution in [0.2, 0.25) is 0 Å². The van der Waals surface area contributed by atoms with E-state index in [0.29, 0.717) is 23.3 Å². The van der Waals surface area contributed by atoms with Crippen molar-refractivity contribution < 1.29 is 23.9 Å². The van der Waals surface area contributed by atoms with E-state index >= 15 is 0 Å². The molecular formula is C16H14N2O5. The molecule has 7 heteroatoms. The molecule has 0 bridgehead atoms. The van der Waals surface area contributed by atoms with Crippen molar-refractivity contribution in [3.63, 3.8) is 0 Å². The van der Waals surface area contributed by atoms with E-state index in [1.54, 1.807) is 12.1 Å². The van der Waals surface area contributed by atoms with Gasteiger partial charge in [0.25, 0.3) is 5.91 Å². The largest absolute Gasteiger partial charge is 0.423 e. The number of imide groups is 1. The number of nitrogens with one attached hydrogen (secondary N) is 1. The molecule has 0 saturated carbocycles. The van der Waals surface area contributed by atoms with E-state index in [1.165, 1.54) is 11.0 Å². The highest BCUT2D eigenvalue weighted by atomic mass is 16.5. The Kier molecular flexibility index (Phi) is 3.69. The summed E-state index contributed by atoms with van der Waals surface area (Å²) in [6.07, 6.45) is 1.56. The standard InChI is InChI=1S/C16H14N2O5/c1-2-14(20)23-10-3-4-11-9(7-10)8-18(16(11)22)12-5-6-13(19)17-15(12)21/h2-4,7,12H,1,5-6,8H2,(H,17,19,21). The number of hydrogen-bond donors (Lipinski definition) is 1. The van der Waals surface area contributed by atoms with Crippen molar-refractivity contribution >= 4 is 23.7 Å². The molecule has 2 aliphatic heterocycles.